The van der Waals surface area contributed by atoms with E-state index in [0.29, 0.717) is 10.4 Å². The lowest BCUT2D eigenvalue weighted by Crippen LogP contribution is -2.11. The lowest BCUT2D eigenvalue weighted by Gasteiger charge is -2.07. The van der Waals surface area contributed by atoms with Crippen LogP contribution in [-0.2, 0) is 12.8 Å². The summed E-state index contributed by atoms with van der Waals surface area (Å²) in [7, 11) is 0. The fourth-order valence-electron chi connectivity index (χ4n) is 2.56. The van der Waals surface area contributed by atoms with Crippen molar-refractivity contribution in [3.05, 3.63) is 51.2 Å². The first-order chi connectivity index (χ1) is 10.3. The Balaban J connectivity index is 1.79. The van der Waals surface area contributed by atoms with E-state index in [0.717, 1.165) is 18.5 Å². The smallest absolute Gasteiger partial charge is 0.267 e. The van der Waals surface area contributed by atoms with Gasteiger partial charge in [0.15, 0.2) is 0 Å². The standard InChI is InChI=1S/C17H15NO2S/c19-9-2-5-13-8-10-21-16(13)17(20)18-15-7-6-12-3-1-4-14(12)11-15/h6-8,10-11,19H,1,3-4,9H2,(H,18,20). The van der Waals surface area contributed by atoms with Crippen LogP contribution >= 0.6 is 11.3 Å². The van der Waals surface area contributed by atoms with Crippen molar-refractivity contribution < 1.29 is 9.90 Å². The number of hydrogen-bond donors (Lipinski definition) is 2. The number of carbonyl (C=O) groups is 1. The molecule has 1 aliphatic rings. The number of anilines is 1. The minimum absolute atomic E-state index is 0.148. The molecule has 0 saturated carbocycles. The van der Waals surface area contributed by atoms with Gasteiger partial charge in [0.2, 0.25) is 0 Å². The molecule has 1 aliphatic carbocycles. The van der Waals surface area contributed by atoms with Crippen LogP contribution in [0, 0.1) is 11.8 Å². The van der Waals surface area contributed by atoms with Crippen molar-refractivity contribution in [2.24, 2.45) is 0 Å². The van der Waals surface area contributed by atoms with Gasteiger partial charge >= 0.3 is 0 Å². The molecule has 0 unspecified atom stereocenters. The van der Waals surface area contributed by atoms with Crippen LogP contribution in [-0.4, -0.2) is 17.6 Å². The van der Waals surface area contributed by atoms with Crippen molar-refractivity contribution in [1.82, 2.24) is 0 Å². The molecule has 1 aromatic heterocycles. The second-order valence-corrected chi connectivity index (χ2v) is 5.83. The van der Waals surface area contributed by atoms with Crippen molar-refractivity contribution in [3.8, 4) is 11.8 Å². The molecule has 106 valence electrons. The highest BCUT2D eigenvalue weighted by atomic mass is 32.1. The van der Waals surface area contributed by atoms with E-state index in [4.69, 9.17) is 5.11 Å². The molecule has 0 bridgehead atoms. The van der Waals surface area contributed by atoms with Crippen molar-refractivity contribution in [2.45, 2.75) is 19.3 Å². The zero-order valence-electron chi connectivity index (χ0n) is 11.5. The topological polar surface area (TPSA) is 49.3 Å². The number of amides is 1. The second kappa shape index (κ2) is 6.13. The van der Waals surface area contributed by atoms with E-state index >= 15 is 0 Å². The van der Waals surface area contributed by atoms with E-state index in [-0.39, 0.29) is 12.5 Å². The van der Waals surface area contributed by atoms with E-state index in [1.54, 1.807) is 6.07 Å². The molecule has 3 rings (SSSR count). The van der Waals surface area contributed by atoms with Gasteiger partial charge in [0.05, 0.1) is 0 Å². The minimum Gasteiger partial charge on any atom is -0.384 e. The van der Waals surface area contributed by atoms with Gasteiger partial charge in [0, 0.05) is 11.3 Å². The maximum absolute atomic E-state index is 12.3. The lowest BCUT2D eigenvalue weighted by molar-refractivity contribution is 0.103. The molecule has 1 amide bonds. The highest BCUT2D eigenvalue weighted by molar-refractivity contribution is 7.12. The Hall–Kier alpha value is -2.09. The van der Waals surface area contributed by atoms with Gasteiger partial charge in [0.1, 0.15) is 11.5 Å². The first kappa shape index (κ1) is 13.9. The highest BCUT2D eigenvalue weighted by Crippen LogP contribution is 2.25. The summed E-state index contributed by atoms with van der Waals surface area (Å²) in [6, 6.07) is 7.91. The molecule has 21 heavy (non-hydrogen) atoms. The quantitative estimate of drug-likeness (QED) is 0.837. The third-order valence-electron chi connectivity index (χ3n) is 3.53. The van der Waals surface area contributed by atoms with Gasteiger partial charge in [-0.3, -0.25) is 4.79 Å². The number of fused-ring (bicyclic) bond motifs is 1. The predicted octanol–water partition coefficient (Wildman–Crippen LogP) is 2.83. The van der Waals surface area contributed by atoms with Crippen LogP contribution in [0.25, 0.3) is 0 Å². The molecule has 0 fully saturated rings. The van der Waals surface area contributed by atoms with Crippen LogP contribution in [0.15, 0.2) is 29.6 Å². The summed E-state index contributed by atoms with van der Waals surface area (Å²) >= 11 is 1.36. The molecule has 0 spiro atoms. The van der Waals surface area contributed by atoms with E-state index in [9.17, 15) is 4.79 Å². The first-order valence-electron chi connectivity index (χ1n) is 6.88. The molecule has 0 radical (unpaired) electrons. The fourth-order valence-corrected chi connectivity index (χ4v) is 3.30. The zero-order valence-corrected chi connectivity index (χ0v) is 12.3. The Morgan fingerprint density at radius 2 is 2.14 bits per heavy atom. The molecule has 2 aromatic rings. The van der Waals surface area contributed by atoms with E-state index in [1.165, 1.54) is 28.9 Å². The highest BCUT2D eigenvalue weighted by Gasteiger charge is 2.15. The predicted molar refractivity (Wildman–Crippen MR) is 84.7 cm³/mol. The van der Waals surface area contributed by atoms with Crippen LogP contribution in [0.5, 0.6) is 0 Å². The Bertz CT molecular complexity index is 737. The fraction of sp³-hybridized carbons (Fsp3) is 0.235. The van der Waals surface area contributed by atoms with Crippen molar-refractivity contribution in [1.29, 1.82) is 0 Å². The lowest BCUT2D eigenvalue weighted by atomic mass is 10.1. The Morgan fingerprint density at radius 1 is 1.29 bits per heavy atom. The zero-order chi connectivity index (χ0) is 14.7. The summed E-state index contributed by atoms with van der Waals surface area (Å²) in [4.78, 5) is 12.9. The summed E-state index contributed by atoms with van der Waals surface area (Å²) < 4.78 is 0. The first-order valence-corrected chi connectivity index (χ1v) is 7.76. The second-order valence-electron chi connectivity index (χ2n) is 4.91. The van der Waals surface area contributed by atoms with Crippen molar-refractivity contribution in [3.63, 3.8) is 0 Å². The molecule has 0 saturated heterocycles. The third-order valence-corrected chi connectivity index (χ3v) is 4.44. The number of carbonyl (C=O) groups excluding carboxylic acids is 1. The average molecular weight is 297 g/mol. The maximum atomic E-state index is 12.3. The minimum atomic E-state index is -0.207. The van der Waals surface area contributed by atoms with Gasteiger partial charge in [-0.25, -0.2) is 0 Å². The number of rotatable bonds is 2. The normalized spacial score (nSPS) is 12.4. The molecule has 1 aromatic carbocycles. The molecule has 4 heteroatoms. The number of nitrogens with one attached hydrogen (secondary N) is 1. The van der Waals surface area contributed by atoms with Crippen LogP contribution in [0.4, 0.5) is 5.69 Å². The van der Waals surface area contributed by atoms with Gasteiger partial charge in [-0.05, 0) is 54.0 Å². The SMILES string of the molecule is O=C(Nc1ccc2c(c1)CCC2)c1sccc1C#CCO. The number of aliphatic hydroxyl groups excluding tert-OH is 1. The van der Waals surface area contributed by atoms with Gasteiger partial charge in [-0.15, -0.1) is 11.3 Å². The van der Waals surface area contributed by atoms with E-state index < -0.39 is 0 Å². The molecule has 3 nitrogen and oxygen atoms in total. The van der Waals surface area contributed by atoms with Crippen molar-refractivity contribution >= 4 is 22.9 Å². The summed E-state index contributed by atoms with van der Waals surface area (Å²) in [6.45, 7) is -0.207. The Morgan fingerprint density at radius 3 is 3.00 bits per heavy atom. The third kappa shape index (κ3) is 2.99. The molecule has 2 N–H and O–H groups in total. The molecular formula is C17H15NO2S. The Labute approximate surface area is 127 Å². The van der Waals surface area contributed by atoms with Crippen LogP contribution < -0.4 is 5.32 Å². The number of benzene rings is 1. The molecule has 0 aliphatic heterocycles. The molecule has 0 atom stereocenters. The van der Waals surface area contributed by atoms with Crippen LogP contribution in [0.1, 0.15) is 32.8 Å². The van der Waals surface area contributed by atoms with E-state index in [2.05, 4.69) is 29.3 Å². The number of thiophene rings is 1. The van der Waals surface area contributed by atoms with Crippen LogP contribution in [0.3, 0.4) is 0 Å². The van der Waals surface area contributed by atoms with Crippen LogP contribution in [0.2, 0.25) is 0 Å². The summed E-state index contributed by atoms with van der Waals surface area (Å²) in [5.74, 6) is 5.23. The molecular weight excluding hydrogens is 282 g/mol. The summed E-state index contributed by atoms with van der Waals surface area (Å²) in [5, 5.41) is 13.5. The largest absolute Gasteiger partial charge is 0.384 e. The Kier molecular flexibility index (Phi) is 4.05. The number of hydrogen-bond acceptors (Lipinski definition) is 3. The van der Waals surface area contributed by atoms with Gasteiger partial charge in [0.25, 0.3) is 5.91 Å². The maximum Gasteiger partial charge on any atom is 0.267 e. The van der Waals surface area contributed by atoms with Gasteiger partial charge in [-0.1, -0.05) is 17.9 Å². The van der Waals surface area contributed by atoms with Gasteiger partial charge in [-0.2, -0.15) is 0 Å². The van der Waals surface area contributed by atoms with Crippen molar-refractivity contribution in [2.75, 3.05) is 11.9 Å². The summed E-state index contributed by atoms with van der Waals surface area (Å²) in [5.41, 5.74) is 4.21. The number of aliphatic hydroxyl groups is 1. The monoisotopic (exact) mass is 297 g/mol. The van der Waals surface area contributed by atoms with Gasteiger partial charge < -0.3 is 10.4 Å². The number of aryl methyl sites for hydroxylation is 2. The summed E-state index contributed by atoms with van der Waals surface area (Å²) in [6.07, 6.45) is 3.42. The molecule has 1 heterocycles. The van der Waals surface area contributed by atoms with E-state index in [1.807, 2.05) is 11.4 Å². The average Bonchev–Trinajstić information content (AvgIpc) is 3.13.